The van der Waals surface area contributed by atoms with Crippen LogP contribution in [0.2, 0.25) is 0 Å². The van der Waals surface area contributed by atoms with Crippen molar-refractivity contribution in [1.82, 2.24) is 24.8 Å². The molecule has 0 unspecified atom stereocenters. The van der Waals surface area contributed by atoms with Crippen molar-refractivity contribution in [3.8, 4) is 11.7 Å². The summed E-state index contributed by atoms with van der Waals surface area (Å²) in [5, 5.41) is 4.51. The second kappa shape index (κ2) is 8.74. The van der Waals surface area contributed by atoms with E-state index in [9.17, 15) is 18.0 Å². The zero-order chi connectivity index (χ0) is 25.8. The van der Waals surface area contributed by atoms with Crippen molar-refractivity contribution in [2.45, 2.75) is 39.0 Å². The molecule has 0 radical (unpaired) electrons. The summed E-state index contributed by atoms with van der Waals surface area (Å²) in [5.74, 6) is -1.19. The van der Waals surface area contributed by atoms with E-state index in [2.05, 4.69) is 20.3 Å². The van der Waals surface area contributed by atoms with Crippen LogP contribution in [0.4, 0.5) is 19.0 Å². The van der Waals surface area contributed by atoms with E-state index < -0.39 is 17.6 Å². The Morgan fingerprint density at radius 2 is 1.67 bits per heavy atom. The number of hydrogen-bond donors (Lipinski definition) is 1. The van der Waals surface area contributed by atoms with Gasteiger partial charge in [-0.15, -0.1) is 0 Å². The maximum atomic E-state index is 14.5. The number of fused-ring (bicyclic) bond motifs is 2. The van der Waals surface area contributed by atoms with Crippen LogP contribution in [-0.4, -0.2) is 51.8 Å². The minimum absolute atomic E-state index is 0.0837. The second-order valence-electron chi connectivity index (χ2n) is 9.02. The Labute approximate surface area is 204 Å². The van der Waals surface area contributed by atoms with Gasteiger partial charge in [0, 0.05) is 30.6 Å². The van der Waals surface area contributed by atoms with Crippen LogP contribution in [0.1, 0.15) is 25.2 Å². The molecule has 2 aromatic heterocycles. The molecule has 1 aliphatic rings. The van der Waals surface area contributed by atoms with Crippen molar-refractivity contribution in [3.05, 3.63) is 58.1 Å². The van der Waals surface area contributed by atoms with Crippen LogP contribution in [0.15, 0.2) is 41.2 Å². The third-order valence-electron chi connectivity index (χ3n) is 6.52. The van der Waals surface area contributed by atoms with E-state index in [1.165, 1.54) is 13.2 Å². The molecule has 4 aromatic rings. The molecule has 0 amide bonds. The number of benzene rings is 2. The highest BCUT2D eigenvalue weighted by atomic mass is 19.4. The molecule has 36 heavy (non-hydrogen) atoms. The van der Waals surface area contributed by atoms with Crippen LogP contribution in [0.5, 0.6) is 6.01 Å². The van der Waals surface area contributed by atoms with E-state index in [1.807, 2.05) is 24.8 Å². The standard InChI is InChI=1S/C25H25F3N6O2/c1-13-7-5-8-16-9-6-10-17(18(13)16)34-22(35)20-19(30-23(34)25(26,27)28)21(32-24(31-20)36-4)33-14(2)11-29-12-15(33)3/h5-10,14-15,29H,11-12H2,1-4H3/t14-,15-/m0/s1. The first-order valence-electron chi connectivity index (χ1n) is 11.6. The molecule has 1 N–H and O–H groups in total. The third-order valence-corrected chi connectivity index (χ3v) is 6.52. The number of aryl methyl sites for hydroxylation is 1. The van der Waals surface area contributed by atoms with Crippen LogP contribution < -0.4 is 20.5 Å². The first kappa shape index (κ1) is 24.0. The Morgan fingerprint density at radius 1 is 1.00 bits per heavy atom. The van der Waals surface area contributed by atoms with Gasteiger partial charge in [0.05, 0.1) is 12.8 Å². The predicted molar refractivity (Wildman–Crippen MR) is 131 cm³/mol. The van der Waals surface area contributed by atoms with Crippen molar-refractivity contribution < 1.29 is 17.9 Å². The number of aromatic nitrogens is 4. The molecule has 11 heteroatoms. The lowest BCUT2D eigenvalue weighted by Gasteiger charge is -2.40. The maximum absolute atomic E-state index is 14.5. The molecule has 5 rings (SSSR count). The minimum atomic E-state index is -4.92. The summed E-state index contributed by atoms with van der Waals surface area (Å²) in [6, 6.07) is 9.93. The van der Waals surface area contributed by atoms with Crippen molar-refractivity contribution in [1.29, 1.82) is 0 Å². The van der Waals surface area contributed by atoms with Gasteiger partial charge >= 0.3 is 12.2 Å². The number of nitrogens with zero attached hydrogens (tertiary/aromatic N) is 5. The van der Waals surface area contributed by atoms with Crippen LogP contribution in [-0.2, 0) is 6.18 Å². The Balaban J connectivity index is 1.92. The highest BCUT2D eigenvalue weighted by Gasteiger charge is 2.40. The summed E-state index contributed by atoms with van der Waals surface area (Å²) in [4.78, 5) is 28.3. The summed E-state index contributed by atoms with van der Waals surface area (Å²) in [7, 11) is 1.35. The third kappa shape index (κ3) is 3.83. The molecular weight excluding hydrogens is 473 g/mol. The molecule has 0 bridgehead atoms. The molecule has 0 saturated carbocycles. The zero-order valence-corrected chi connectivity index (χ0v) is 20.2. The van der Waals surface area contributed by atoms with Crippen molar-refractivity contribution in [2.24, 2.45) is 0 Å². The maximum Gasteiger partial charge on any atom is 0.450 e. The predicted octanol–water partition coefficient (Wildman–Crippen LogP) is 3.85. The average molecular weight is 499 g/mol. The quantitative estimate of drug-likeness (QED) is 0.459. The fourth-order valence-corrected chi connectivity index (χ4v) is 4.96. The van der Waals surface area contributed by atoms with E-state index in [-0.39, 0.29) is 40.6 Å². The lowest BCUT2D eigenvalue weighted by atomic mass is 10.0. The Kier molecular flexibility index (Phi) is 5.82. The van der Waals surface area contributed by atoms with Crippen LogP contribution in [0.3, 0.4) is 0 Å². The number of ether oxygens (including phenoxy) is 1. The number of nitrogens with one attached hydrogen (secondary N) is 1. The molecule has 2 aromatic carbocycles. The average Bonchev–Trinajstić information content (AvgIpc) is 2.83. The Bertz CT molecular complexity index is 1520. The molecule has 1 saturated heterocycles. The van der Waals surface area contributed by atoms with Gasteiger partial charge in [0.1, 0.15) is 5.52 Å². The highest BCUT2D eigenvalue weighted by molar-refractivity contribution is 5.94. The van der Waals surface area contributed by atoms with Gasteiger partial charge in [0.2, 0.25) is 5.82 Å². The topological polar surface area (TPSA) is 85.2 Å². The Morgan fingerprint density at radius 3 is 2.31 bits per heavy atom. The molecule has 0 spiro atoms. The monoisotopic (exact) mass is 498 g/mol. The van der Waals surface area contributed by atoms with Gasteiger partial charge in [0.15, 0.2) is 11.3 Å². The fourth-order valence-electron chi connectivity index (χ4n) is 4.96. The van der Waals surface area contributed by atoms with Crippen LogP contribution in [0.25, 0.3) is 27.5 Å². The molecule has 8 nitrogen and oxygen atoms in total. The highest BCUT2D eigenvalue weighted by Crippen LogP contribution is 2.35. The number of piperazine rings is 1. The van der Waals surface area contributed by atoms with E-state index in [0.29, 0.717) is 28.4 Å². The van der Waals surface area contributed by atoms with Crippen molar-refractivity contribution in [3.63, 3.8) is 0 Å². The van der Waals surface area contributed by atoms with E-state index in [4.69, 9.17) is 4.74 Å². The largest absolute Gasteiger partial charge is 0.467 e. The summed E-state index contributed by atoms with van der Waals surface area (Å²) >= 11 is 0. The van der Waals surface area contributed by atoms with E-state index >= 15 is 0 Å². The smallest absolute Gasteiger partial charge is 0.450 e. The fraction of sp³-hybridized carbons (Fsp3) is 0.360. The normalized spacial score (nSPS) is 18.7. The zero-order valence-electron chi connectivity index (χ0n) is 20.2. The van der Waals surface area contributed by atoms with Gasteiger partial charge in [-0.25, -0.2) is 4.98 Å². The first-order chi connectivity index (χ1) is 17.1. The van der Waals surface area contributed by atoms with Gasteiger partial charge in [-0.2, -0.15) is 23.1 Å². The summed E-state index contributed by atoms with van der Waals surface area (Å²) < 4.78 is 49.4. The number of methoxy groups -OCH3 is 1. The minimum Gasteiger partial charge on any atom is -0.467 e. The second-order valence-corrected chi connectivity index (χ2v) is 9.02. The van der Waals surface area contributed by atoms with E-state index in [0.717, 1.165) is 5.56 Å². The van der Waals surface area contributed by atoms with Gasteiger partial charge in [-0.1, -0.05) is 30.3 Å². The SMILES string of the molecule is COc1nc(N2[C@@H](C)CNC[C@@H]2C)c2nc(C(F)(F)F)n(-c3cccc4cccc(C)c34)c(=O)c2n1. The molecular formula is C25H25F3N6O2. The summed E-state index contributed by atoms with van der Waals surface area (Å²) in [5.41, 5.74) is -0.580. The number of halogens is 3. The van der Waals surface area contributed by atoms with Crippen LogP contribution in [0, 0.1) is 6.92 Å². The summed E-state index contributed by atoms with van der Waals surface area (Å²) in [6.45, 7) is 6.82. The molecule has 1 fully saturated rings. The lowest BCUT2D eigenvalue weighted by molar-refractivity contribution is -0.146. The van der Waals surface area contributed by atoms with Crippen molar-refractivity contribution in [2.75, 3.05) is 25.1 Å². The van der Waals surface area contributed by atoms with Crippen molar-refractivity contribution >= 4 is 27.6 Å². The molecule has 2 atom stereocenters. The molecule has 188 valence electrons. The molecule has 0 aliphatic carbocycles. The van der Waals surface area contributed by atoms with Gasteiger partial charge in [0.25, 0.3) is 5.56 Å². The number of rotatable bonds is 3. The van der Waals surface area contributed by atoms with E-state index in [1.54, 1.807) is 31.2 Å². The van der Waals surface area contributed by atoms with Gasteiger partial charge in [-0.3, -0.25) is 9.36 Å². The summed E-state index contributed by atoms with van der Waals surface area (Å²) in [6.07, 6.45) is -4.92. The van der Waals surface area contributed by atoms with Gasteiger partial charge in [-0.05, 0) is 37.8 Å². The van der Waals surface area contributed by atoms with Gasteiger partial charge < -0.3 is 15.0 Å². The molecule has 3 heterocycles. The van der Waals surface area contributed by atoms with Crippen LogP contribution >= 0.6 is 0 Å². The first-order valence-corrected chi connectivity index (χ1v) is 11.6. The lowest BCUT2D eigenvalue weighted by Crippen LogP contribution is -2.55. The number of alkyl halides is 3. The molecule has 1 aliphatic heterocycles. The number of anilines is 1. The number of hydrogen-bond acceptors (Lipinski definition) is 7. The Hall–Kier alpha value is -3.73.